The van der Waals surface area contributed by atoms with E-state index in [1.54, 1.807) is 12.1 Å². The Kier molecular flexibility index (Phi) is 3.73. The fraction of sp³-hybridized carbons (Fsp3) is 0.400. The topological polar surface area (TPSA) is 59.5 Å². The van der Waals surface area contributed by atoms with Crippen molar-refractivity contribution in [3.05, 3.63) is 28.8 Å². The molecule has 0 saturated carbocycles. The van der Waals surface area contributed by atoms with Crippen molar-refractivity contribution in [2.45, 2.75) is 26.1 Å². The minimum atomic E-state index is -0.0143. The molecule has 1 aliphatic rings. The second kappa shape index (κ2) is 5.54. The molecule has 1 aliphatic heterocycles. The molecule has 0 spiro atoms. The van der Waals surface area contributed by atoms with Crippen LogP contribution < -0.4 is 0 Å². The average Bonchev–Trinajstić information content (AvgIpc) is 2.87. The van der Waals surface area contributed by atoms with E-state index in [0.717, 1.165) is 11.0 Å². The van der Waals surface area contributed by atoms with Gasteiger partial charge in [0.1, 0.15) is 0 Å². The van der Waals surface area contributed by atoms with Crippen molar-refractivity contribution in [2.24, 2.45) is 0 Å². The maximum Gasteiger partial charge on any atom is 0.254 e. The lowest BCUT2D eigenvalue weighted by atomic mass is 10.1. The van der Waals surface area contributed by atoms with Crippen LogP contribution >= 0.6 is 11.3 Å². The summed E-state index contributed by atoms with van der Waals surface area (Å²) in [5.41, 5.74) is 1.30. The number of thiazole rings is 1. The summed E-state index contributed by atoms with van der Waals surface area (Å²) in [4.78, 5) is 29.4. The summed E-state index contributed by atoms with van der Waals surface area (Å²) in [6.07, 6.45) is 0.821. The van der Waals surface area contributed by atoms with E-state index in [1.165, 1.54) is 11.3 Å². The molecule has 5 nitrogen and oxygen atoms in total. The fourth-order valence-electron chi connectivity index (χ4n) is 2.65. The van der Waals surface area contributed by atoms with Crippen molar-refractivity contribution in [3.8, 4) is 0 Å². The number of rotatable bonds is 2. The molecular formula is C15H16N2O3S. The number of hydrogen-bond acceptors (Lipinski definition) is 5. The van der Waals surface area contributed by atoms with Crippen molar-refractivity contribution >= 4 is 33.7 Å². The minimum Gasteiger partial charge on any atom is -0.372 e. The highest BCUT2D eigenvalue weighted by atomic mass is 32.1. The highest BCUT2D eigenvalue weighted by Crippen LogP contribution is 2.23. The average molecular weight is 304 g/mol. The molecule has 110 valence electrons. The third-order valence-corrected chi connectivity index (χ3v) is 4.42. The summed E-state index contributed by atoms with van der Waals surface area (Å²) in [5.74, 6) is -0.0143. The first-order valence-corrected chi connectivity index (χ1v) is 7.69. The maximum absolute atomic E-state index is 12.6. The van der Waals surface area contributed by atoms with Gasteiger partial charge in [0.15, 0.2) is 11.3 Å². The fourth-order valence-corrected chi connectivity index (χ4v) is 3.42. The van der Waals surface area contributed by atoms with E-state index in [0.29, 0.717) is 29.2 Å². The molecule has 1 saturated heterocycles. The molecule has 1 fully saturated rings. The van der Waals surface area contributed by atoms with E-state index in [-0.39, 0.29) is 18.1 Å². The molecule has 0 aliphatic carbocycles. The van der Waals surface area contributed by atoms with Crippen LogP contribution in [0.1, 0.15) is 34.0 Å². The van der Waals surface area contributed by atoms with Gasteiger partial charge < -0.3 is 9.64 Å². The van der Waals surface area contributed by atoms with Crippen molar-refractivity contribution in [1.29, 1.82) is 0 Å². The molecule has 2 unspecified atom stereocenters. The van der Waals surface area contributed by atoms with Crippen LogP contribution in [-0.4, -0.2) is 47.4 Å². The lowest BCUT2D eigenvalue weighted by Crippen LogP contribution is -2.48. The number of hydrogen-bond donors (Lipinski definition) is 0. The first kappa shape index (κ1) is 14.2. The third-order valence-electron chi connectivity index (χ3n) is 3.46. The molecule has 0 N–H and O–H groups in total. The molecular weight excluding hydrogens is 288 g/mol. The summed E-state index contributed by atoms with van der Waals surface area (Å²) in [5, 5.41) is 0.434. The van der Waals surface area contributed by atoms with Gasteiger partial charge in [-0.3, -0.25) is 9.59 Å². The Hall–Kier alpha value is -1.79. The van der Waals surface area contributed by atoms with Crippen molar-refractivity contribution < 1.29 is 14.3 Å². The smallest absolute Gasteiger partial charge is 0.254 e. The van der Waals surface area contributed by atoms with Gasteiger partial charge in [0, 0.05) is 18.7 Å². The van der Waals surface area contributed by atoms with Gasteiger partial charge in [-0.1, -0.05) is 0 Å². The number of carbonyl (C=O) groups excluding carboxylic acids is 2. The van der Waals surface area contributed by atoms with Gasteiger partial charge in [0.05, 0.1) is 22.4 Å². The van der Waals surface area contributed by atoms with E-state index in [2.05, 4.69) is 4.98 Å². The van der Waals surface area contributed by atoms with Crippen LogP contribution in [-0.2, 0) is 4.74 Å². The van der Waals surface area contributed by atoms with Crippen molar-refractivity contribution in [1.82, 2.24) is 9.88 Å². The van der Waals surface area contributed by atoms with Crippen LogP contribution in [0.4, 0.5) is 0 Å². The van der Waals surface area contributed by atoms with Gasteiger partial charge in [0.2, 0.25) is 0 Å². The molecule has 3 rings (SSSR count). The standard InChI is InChI=1S/C15H16N2O3S/c1-9-6-17(7-10(2)20-9)15(19)11-3-4-13-12(5-11)16-14(8-18)21-13/h3-5,8-10H,6-7H2,1-2H3. The normalized spacial score (nSPS) is 22.5. The Labute approximate surface area is 126 Å². The van der Waals surface area contributed by atoms with Crippen LogP contribution in [0.5, 0.6) is 0 Å². The number of morpholine rings is 1. The molecule has 1 aromatic heterocycles. The van der Waals surface area contributed by atoms with E-state index in [1.807, 2.05) is 24.8 Å². The van der Waals surface area contributed by atoms with Crippen LogP contribution in [0.25, 0.3) is 10.2 Å². The van der Waals surface area contributed by atoms with E-state index in [4.69, 9.17) is 4.74 Å². The van der Waals surface area contributed by atoms with E-state index >= 15 is 0 Å². The second-order valence-corrected chi connectivity index (χ2v) is 6.38. The Morgan fingerprint density at radius 3 is 2.76 bits per heavy atom. The predicted molar refractivity (Wildman–Crippen MR) is 80.9 cm³/mol. The van der Waals surface area contributed by atoms with Crippen LogP contribution in [0.2, 0.25) is 0 Å². The lowest BCUT2D eigenvalue weighted by molar-refractivity contribution is -0.0586. The van der Waals surface area contributed by atoms with E-state index < -0.39 is 0 Å². The molecule has 2 atom stereocenters. The molecule has 0 bridgehead atoms. The molecule has 0 radical (unpaired) electrons. The zero-order valence-electron chi connectivity index (χ0n) is 11.9. The van der Waals surface area contributed by atoms with Crippen LogP contribution in [0, 0.1) is 0 Å². The maximum atomic E-state index is 12.6. The number of aldehydes is 1. The first-order valence-electron chi connectivity index (χ1n) is 6.87. The lowest BCUT2D eigenvalue weighted by Gasteiger charge is -2.35. The molecule has 1 aromatic carbocycles. The van der Waals surface area contributed by atoms with Crippen LogP contribution in [0.3, 0.4) is 0 Å². The molecule has 2 aromatic rings. The Morgan fingerprint density at radius 1 is 1.38 bits per heavy atom. The zero-order chi connectivity index (χ0) is 15.0. The van der Waals surface area contributed by atoms with Crippen molar-refractivity contribution in [2.75, 3.05) is 13.1 Å². The van der Waals surface area contributed by atoms with Crippen molar-refractivity contribution in [3.63, 3.8) is 0 Å². The van der Waals surface area contributed by atoms with Crippen LogP contribution in [0.15, 0.2) is 18.2 Å². The van der Waals surface area contributed by atoms with Gasteiger partial charge >= 0.3 is 0 Å². The predicted octanol–water partition coefficient (Wildman–Crippen LogP) is 2.36. The second-order valence-electron chi connectivity index (χ2n) is 5.32. The third kappa shape index (κ3) is 2.82. The monoisotopic (exact) mass is 304 g/mol. The number of fused-ring (bicyclic) bond motifs is 1. The van der Waals surface area contributed by atoms with Gasteiger partial charge in [-0.2, -0.15) is 0 Å². The van der Waals surface area contributed by atoms with Gasteiger partial charge in [-0.05, 0) is 32.0 Å². The number of nitrogens with zero attached hydrogens (tertiary/aromatic N) is 2. The zero-order valence-corrected chi connectivity index (χ0v) is 12.7. The summed E-state index contributed by atoms with van der Waals surface area (Å²) in [7, 11) is 0. The largest absolute Gasteiger partial charge is 0.372 e. The number of carbonyl (C=O) groups is 2. The first-order chi connectivity index (χ1) is 10.1. The van der Waals surface area contributed by atoms with Gasteiger partial charge in [0.25, 0.3) is 5.91 Å². The van der Waals surface area contributed by atoms with Gasteiger partial charge in [-0.15, -0.1) is 11.3 Å². The molecule has 1 amide bonds. The Morgan fingerprint density at radius 2 is 2.10 bits per heavy atom. The summed E-state index contributed by atoms with van der Waals surface area (Å²) < 4.78 is 6.56. The highest BCUT2D eigenvalue weighted by molar-refractivity contribution is 7.20. The summed E-state index contributed by atoms with van der Waals surface area (Å²) in [6, 6.07) is 5.40. The number of benzene rings is 1. The molecule has 2 heterocycles. The Balaban J connectivity index is 1.88. The molecule has 6 heteroatoms. The minimum absolute atomic E-state index is 0.0143. The molecule has 21 heavy (non-hydrogen) atoms. The number of amides is 1. The summed E-state index contributed by atoms with van der Waals surface area (Å²) in [6.45, 7) is 5.13. The quantitative estimate of drug-likeness (QED) is 0.799. The highest BCUT2D eigenvalue weighted by Gasteiger charge is 2.26. The number of aromatic nitrogens is 1. The van der Waals surface area contributed by atoms with Gasteiger partial charge in [-0.25, -0.2) is 4.98 Å². The SMILES string of the molecule is CC1CN(C(=O)c2ccc3sc(C=O)nc3c2)CC(C)O1. The van der Waals surface area contributed by atoms with E-state index in [9.17, 15) is 9.59 Å². The summed E-state index contributed by atoms with van der Waals surface area (Å²) >= 11 is 1.33. The number of ether oxygens (including phenoxy) is 1. The Bertz CT molecular complexity index is 687.